The van der Waals surface area contributed by atoms with E-state index in [0.29, 0.717) is 0 Å². The molecule has 0 amide bonds. The van der Waals surface area contributed by atoms with E-state index in [9.17, 15) is 0 Å². The first-order chi connectivity index (χ1) is 4.85. The van der Waals surface area contributed by atoms with E-state index in [4.69, 9.17) is 0 Å². The first kappa shape index (κ1) is 14.3. The predicted molar refractivity (Wildman–Crippen MR) is 52.2 cm³/mol. The minimum absolute atomic E-state index is 0. The molecule has 0 spiro atoms. The van der Waals surface area contributed by atoms with Crippen LogP contribution in [-0.4, -0.2) is 41.0 Å². The van der Waals surface area contributed by atoms with Gasteiger partial charge in [-0.25, -0.2) is 12.8 Å². The number of hydrogen-bond donors (Lipinski definition) is 0. The molecule has 11 heavy (non-hydrogen) atoms. The topological polar surface area (TPSA) is 3.24 Å². The quantitative estimate of drug-likeness (QED) is 0.457. The van der Waals surface area contributed by atoms with Crippen LogP contribution in [0.25, 0.3) is 0 Å². The van der Waals surface area contributed by atoms with Crippen LogP contribution >= 0.6 is 0 Å². The molecule has 1 aliphatic carbocycles. The van der Waals surface area contributed by atoms with Crippen molar-refractivity contribution in [2.45, 2.75) is 33.6 Å². The minimum Gasteiger partial charge on any atom is -0.457 e. The summed E-state index contributed by atoms with van der Waals surface area (Å²) in [7, 11) is 0. The van der Waals surface area contributed by atoms with Crippen molar-refractivity contribution in [3.8, 4) is 0 Å². The summed E-state index contributed by atoms with van der Waals surface area (Å²) in [5, 5.41) is 0. The Bertz CT molecular complexity index is 52.3. The van der Waals surface area contributed by atoms with Gasteiger partial charge >= 0.3 is 23.1 Å². The summed E-state index contributed by atoms with van der Waals surface area (Å²) in [6, 6.07) is 0. The van der Waals surface area contributed by atoms with E-state index < -0.39 is 0 Å². The van der Waals surface area contributed by atoms with Crippen molar-refractivity contribution in [2.75, 3.05) is 13.1 Å². The van der Waals surface area contributed by atoms with Gasteiger partial charge in [0.05, 0.1) is 0 Å². The molecule has 0 aliphatic heterocycles. The largest absolute Gasteiger partial charge is 2.00 e. The molecule has 0 saturated heterocycles. The van der Waals surface area contributed by atoms with Crippen LogP contribution in [0.1, 0.15) is 33.6 Å². The Morgan fingerprint density at radius 2 is 1.64 bits per heavy atom. The molecule has 0 heterocycles. The van der Waals surface area contributed by atoms with Crippen molar-refractivity contribution in [1.82, 2.24) is 4.90 Å². The van der Waals surface area contributed by atoms with Gasteiger partial charge < -0.3 is 11.3 Å². The molecule has 1 nitrogen and oxygen atoms in total. The first-order valence-corrected chi connectivity index (χ1v) is 4.20. The van der Waals surface area contributed by atoms with Gasteiger partial charge in [-0.3, -0.25) is 6.54 Å². The average Bonchev–Trinajstić information content (AvgIpc) is 2.76. The fourth-order valence-corrected chi connectivity index (χ4v) is 0.589. The SMILES string of the molecule is C[CH-]N(CC)CC.[CH-]1CC1.[Mg+2]. The van der Waals surface area contributed by atoms with Gasteiger partial charge in [0.25, 0.3) is 0 Å². The molecule has 0 N–H and O–H groups in total. The van der Waals surface area contributed by atoms with Crippen molar-refractivity contribution in [3.05, 3.63) is 13.0 Å². The maximum atomic E-state index is 2.25. The van der Waals surface area contributed by atoms with E-state index in [0.717, 1.165) is 13.1 Å². The zero-order chi connectivity index (χ0) is 7.82. The molecule has 0 aromatic carbocycles. The monoisotopic (exact) mass is 165 g/mol. The second kappa shape index (κ2) is 10.7. The predicted octanol–water partition coefficient (Wildman–Crippen LogP) is 2.11. The molecular formula is C9H19MgN. The normalized spacial score (nSPS) is 13.1. The fourth-order valence-electron chi connectivity index (χ4n) is 0.589. The summed E-state index contributed by atoms with van der Waals surface area (Å²) in [5.74, 6) is 0. The van der Waals surface area contributed by atoms with Crippen molar-refractivity contribution in [2.24, 2.45) is 0 Å². The zero-order valence-electron chi connectivity index (χ0n) is 8.14. The zero-order valence-corrected chi connectivity index (χ0v) is 9.55. The number of hydrogen-bond acceptors (Lipinski definition) is 1. The Balaban J connectivity index is 0. The third kappa shape index (κ3) is 13.7. The fraction of sp³-hybridized carbons (Fsp3) is 0.778. The Hall–Kier alpha value is 0.726. The van der Waals surface area contributed by atoms with Gasteiger partial charge in [-0.05, 0) is 13.1 Å². The van der Waals surface area contributed by atoms with Crippen LogP contribution in [0.4, 0.5) is 0 Å². The van der Waals surface area contributed by atoms with Crippen LogP contribution in [-0.2, 0) is 0 Å². The van der Waals surface area contributed by atoms with E-state index >= 15 is 0 Å². The second-order valence-corrected chi connectivity index (χ2v) is 2.35. The van der Waals surface area contributed by atoms with Gasteiger partial charge in [-0.1, -0.05) is 13.8 Å². The third-order valence-corrected chi connectivity index (χ3v) is 1.47. The summed E-state index contributed by atoms with van der Waals surface area (Å²) in [4.78, 5) is 2.25. The van der Waals surface area contributed by atoms with Crippen LogP contribution < -0.4 is 0 Å². The van der Waals surface area contributed by atoms with Crippen LogP contribution in [0.15, 0.2) is 0 Å². The molecule has 1 fully saturated rings. The molecule has 0 bridgehead atoms. The van der Waals surface area contributed by atoms with Crippen LogP contribution in [0.5, 0.6) is 0 Å². The smallest absolute Gasteiger partial charge is 0.457 e. The molecule has 2 heteroatoms. The van der Waals surface area contributed by atoms with E-state index in [-0.39, 0.29) is 23.1 Å². The van der Waals surface area contributed by atoms with Gasteiger partial charge in [-0.2, -0.15) is 6.92 Å². The van der Waals surface area contributed by atoms with Gasteiger partial charge in [0.15, 0.2) is 0 Å². The van der Waals surface area contributed by atoms with Crippen LogP contribution in [0.3, 0.4) is 0 Å². The molecule has 0 atom stereocenters. The van der Waals surface area contributed by atoms with E-state index in [2.05, 4.69) is 38.6 Å². The van der Waals surface area contributed by atoms with Crippen molar-refractivity contribution < 1.29 is 0 Å². The Labute approximate surface area is 87.7 Å². The average molecular weight is 166 g/mol. The summed E-state index contributed by atoms with van der Waals surface area (Å²) in [6.45, 7) is 10.8. The standard InChI is InChI=1S/C6H14N.C3H5.Mg/c1-4-7(5-2)6-3;1-2-3-1;/h4H,5-6H2,1-3H3;1H,2-3H2;/q2*-1;+2. The summed E-state index contributed by atoms with van der Waals surface area (Å²) in [5.41, 5.74) is 0. The minimum atomic E-state index is 0. The molecule has 0 radical (unpaired) electrons. The Kier molecular flexibility index (Phi) is 13.9. The first-order valence-electron chi connectivity index (χ1n) is 4.20. The molecule has 1 saturated carbocycles. The molecule has 0 aromatic heterocycles. The summed E-state index contributed by atoms with van der Waals surface area (Å²) >= 11 is 0. The van der Waals surface area contributed by atoms with Crippen LogP contribution in [0, 0.1) is 13.0 Å². The third-order valence-electron chi connectivity index (χ3n) is 1.47. The van der Waals surface area contributed by atoms with Crippen LogP contribution in [0.2, 0.25) is 0 Å². The second-order valence-electron chi connectivity index (χ2n) is 2.35. The molecule has 1 rings (SSSR count). The molecule has 0 unspecified atom stereocenters. The number of nitrogens with zero attached hydrogens (tertiary/aromatic N) is 1. The van der Waals surface area contributed by atoms with Gasteiger partial charge in [-0.15, -0.1) is 0 Å². The van der Waals surface area contributed by atoms with Crippen molar-refractivity contribution in [1.29, 1.82) is 0 Å². The maximum Gasteiger partial charge on any atom is 2.00 e. The van der Waals surface area contributed by atoms with Gasteiger partial charge in [0.1, 0.15) is 0 Å². The maximum absolute atomic E-state index is 2.25. The Morgan fingerprint density at radius 3 is 1.64 bits per heavy atom. The van der Waals surface area contributed by atoms with Crippen molar-refractivity contribution in [3.63, 3.8) is 0 Å². The molecule has 0 aromatic rings. The summed E-state index contributed by atoms with van der Waals surface area (Å²) < 4.78 is 0. The van der Waals surface area contributed by atoms with E-state index in [1.807, 2.05) is 0 Å². The molecule has 1 aliphatic rings. The Morgan fingerprint density at radius 1 is 1.27 bits per heavy atom. The van der Waals surface area contributed by atoms with E-state index in [1.165, 1.54) is 12.8 Å². The summed E-state index contributed by atoms with van der Waals surface area (Å²) in [6.07, 6.45) is 5.00. The van der Waals surface area contributed by atoms with Crippen molar-refractivity contribution >= 4 is 23.1 Å². The number of rotatable bonds is 3. The molecular weight excluding hydrogens is 146 g/mol. The van der Waals surface area contributed by atoms with Gasteiger partial charge in [0, 0.05) is 0 Å². The van der Waals surface area contributed by atoms with Gasteiger partial charge in [0.2, 0.25) is 0 Å². The van der Waals surface area contributed by atoms with E-state index in [1.54, 1.807) is 0 Å². The molecule has 62 valence electrons.